The molecule has 0 saturated heterocycles. The van der Waals surface area contributed by atoms with Gasteiger partial charge in [-0.25, -0.2) is 4.98 Å². The van der Waals surface area contributed by atoms with E-state index in [1.54, 1.807) is 0 Å². The number of aromatic nitrogens is 1. The van der Waals surface area contributed by atoms with E-state index in [0.29, 0.717) is 5.89 Å². The summed E-state index contributed by atoms with van der Waals surface area (Å²) in [6.45, 7) is 0. The van der Waals surface area contributed by atoms with E-state index in [2.05, 4.69) is 120 Å². The molecule has 220 valence electrons. The first-order chi connectivity index (χ1) is 23.3. The van der Waals surface area contributed by atoms with Crippen LogP contribution in [0.2, 0.25) is 0 Å². The minimum atomic E-state index is 0.641. The standard InChI is InChI=1S/C43H26N2O2/c1-3-11-27(12-4-1)29-15-9-16-30(25-29)45(31-21-24-39-36(26-31)32-17-7-8-20-38(32)46-39)37-23-22-35-40-33(37)18-10-19-34(40)41-42(35)47-43(44-41)28-13-5-2-6-14-28/h1-26H. The molecule has 0 radical (unpaired) electrons. The molecule has 0 unspecified atom stereocenters. The number of hydrogen-bond acceptors (Lipinski definition) is 4. The van der Waals surface area contributed by atoms with Crippen LogP contribution in [0, 0.1) is 0 Å². The summed E-state index contributed by atoms with van der Waals surface area (Å²) in [6, 6.07) is 55.0. The highest BCUT2D eigenvalue weighted by Crippen LogP contribution is 2.52. The Morgan fingerprint density at radius 3 is 2.02 bits per heavy atom. The Bertz CT molecular complexity index is 2610. The van der Waals surface area contributed by atoms with E-state index in [-0.39, 0.29) is 0 Å². The van der Waals surface area contributed by atoms with E-state index in [9.17, 15) is 0 Å². The molecule has 4 nitrogen and oxygen atoms in total. The van der Waals surface area contributed by atoms with Crippen LogP contribution in [-0.2, 0) is 0 Å². The fourth-order valence-electron chi connectivity index (χ4n) is 7.10. The molecule has 0 aliphatic heterocycles. The van der Waals surface area contributed by atoms with Crippen molar-refractivity contribution in [2.24, 2.45) is 0 Å². The summed E-state index contributed by atoms with van der Waals surface area (Å²) in [4.78, 5) is 7.36. The van der Waals surface area contributed by atoms with Crippen LogP contribution in [-0.4, -0.2) is 4.98 Å². The van der Waals surface area contributed by atoms with Gasteiger partial charge in [0.05, 0.1) is 5.69 Å². The molecule has 0 fully saturated rings. The van der Waals surface area contributed by atoms with Crippen molar-refractivity contribution >= 4 is 49.8 Å². The normalized spacial score (nSPS) is 11.8. The summed E-state index contributed by atoms with van der Waals surface area (Å²) in [5.74, 6) is 1.47. The van der Waals surface area contributed by atoms with Crippen molar-refractivity contribution in [3.63, 3.8) is 0 Å². The Kier molecular flexibility index (Phi) is 5.54. The topological polar surface area (TPSA) is 42.4 Å². The van der Waals surface area contributed by atoms with Gasteiger partial charge in [0, 0.05) is 49.6 Å². The lowest BCUT2D eigenvalue weighted by atomic mass is 10.00. The highest BCUT2D eigenvalue weighted by molar-refractivity contribution is 6.18. The van der Waals surface area contributed by atoms with Crippen LogP contribution in [0.5, 0.6) is 0 Å². The van der Waals surface area contributed by atoms with Gasteiger partial charge >= 0.3 is 0 Å². The molecule has 0 atom stereocenters. The van der Waals surface area contributed by atoms with Crippen LogP contribution in [0.15, 0.2) is 167 Å². The maximum absolute atomic E-state index is 6.46. The van der Waals surface area contributed by atoms with Gasteiger partial charge in [-0.2, -0.15) is 0 Å². The van der Waals surface area contributed by atoms with Gasteiger partial charge < -0.3 is 13.7 Å². The molecule has 1 aliphatic rings. The maximum Gasteiger partial charge on any atom is 0.227 e. The zero-order valence-electron chi connectivity index (χ0n) is 25.2. The lowest BCUT2D eigenvalue weighted by Gasteiger charge is -2.27. The predicted octanol–water partition coefficient (Wildman–Crippen LogP) is 12.2. The second kappa shape index (κ2) is 10.1. The number of para-hydroxylation sites is 1. The molecule has 0 bridgehead atoms. The van der Waals surface area contributed by atoms with E-state index in [0.717, 1.165) is 83.5 Å². The Balaban J connectivity index is 1.20. The third-order valence-corrected chi connectivity index (χ3v) is 9.24. The smallest absolute Gasteiger partial charge is 0.227 e. The number of fused-ring (bicyclic) bond motifs is 6. The Morgan fingerprint density at radius 1 is 0.447 bits per heavy atom. The van der Waals surface area contributed by atoms with Crippen molar-refractivity contribution in [1.82, 2.24) is 4.98 Å². The first kappa shape index (κ1) is 25.9. The van der Waals surface area contributed by atoms with Gasteiger partial charge in [-0.15, -0.1) is 0 Å². The van der Waals surface area contributed by atoms with Crippen molar-refractivity contribution in [3.8, 4) is 45.2 Å². The number of benzene rings is 7. The Morgan fingerprint density at radius 2 is 1.15 bits per heavy atom. The Labute approximate surface area is 270 Å². The van der Waals surface area contributed by atoms with Crippen molar-refractivity contribution < 1.29 is 8.83 Å². The van der Waals surface area contributed by atoms with Gasteiger partial charge in [0.25, 0.3) is 0 Å². The summed E-state index contributed by atoms with van der Waals surface area (Å²) in [5.41, 5.74) is 11.3. The first-order valence-electron chi connectivity index (χ1n) is 15.8. The SMILES string of the molecule is c1ccc(-c2cccc(N(c3ccc4oc5ccccc5c4c3)c3ccc4c5c(cccc35)-c3nc(-c5ccccc5)oc3-4)c2)cc1. The lowest BCUT2D eigenvalue weighted by Crippen LogP contribution is -2.10. The fraction of sp³-hybridized carbons (Fsp3) is 0. The molecule has 7 aromatic carbocycles. The maximum atomic E-state index is 6.46. The average molecular weight is 603 g/mol. The zero-order chi connectivity index (χ0) is 30.9. The minimum absolute atomic E-state index is 0.641. The lowest BCUT2D eigenvalue weighted by molar-refractivity contribution is 0.590. The summed E-state index contributed by atoms with van der Waals surface area (Å²) in [5, 5.41) is 4.49. The molecule has 10 rings (SSSR count). The van der Waals surface area contributed by atoms with Gasteiger partial charge in [-0.3, -0.25) is 0 Å². The van der Waals surface area contributed by atoms with Crippen LogP contribution in [0.25, 0.3) is 77.9 Å². The van der Waals surface area contributed by atoms with Crippen molar-refractivity contribution in [2.75, 3.05) is 4.90 Å². The van der Waals surface area contributed by atoms with E-state index < -0.39 is 0 Å². The van der Waals surface area contributed by atoms with E-state index in [1.807, 2.05) is 42.5 Å². The summed E-state index contributed by atoms with van der Waals surface area (Å²) in [7, 11) is 0. The monoisotopic (exact) mass is 602 g/mol. The van der Waals surface area contributed by atoms with Crippen LogP contribution in [0.3, 0.4) is 0 Å². The number of oxazole rings is 1. The van der Waals surface area contributed by atoms with Crippen LogP contribution >= 0.6 is 0 Å². The molecule has 0 amide bonds. The second-order valence-electron chi connectivity index (χ2n) is 12.0. The molecular weight excluding hydrogens is 576 g/mol. The molecular formula is C43H26N2O2. The van der Waals surface area contributed by atoms with Crippen molar-refractivity contribution in [3.05, 3.63) is 158 Å². The predicted molar refractivity (Wildman–Crippen MR) is 191 cm³/mol. The summed E-state index contributed by atoms with van der Waals surface area (Å²) < 4.78 is 12.7. The molecule has 2 aromatic heterocycles. The number of rotatable bonds is 5. The molecule has 0 spiro atoms. The van der Waals surface area contributed by atoms with E-state index in [1.165, 1.54) is 5.56 Å². The van der Waals surface area contributed by atoms with Crippen LogP contribution in [0.4, 0.5) is 17.1 Å². The quantitative estimate of drug-likeness (QED) is 0.197. The highest BCUT2D eigenvalue weighted by atomic mass is 16.4. The van der Waals surface area contributed by atoms with Crippen molar-refractivity contribution in [2.45, 2.75) is 0 Å². The van der Waals surface area contributed by atoms with E-state index >= 15 is 0 Å². The summed E-state index contributed by atoms with van der Waals surface area (Å²) in [6.07, 6.45) is 0. The average Bonchev–Trinajstić information content (AvgIpc) is 3.82. The third kappa shape index (κ3) is 3.98. The largest absolute Gasteiger partial charge is 0.456 e. The van der Waals surface area contributed by atoms with Crippen LogP contribution < -0.4 is 4.90 Å². The molecule has 0 N–H and O–H groups in total. The fourth-order valence-corrected chi connectivity index (χ4v) is 7.10. The van der Waals surface area contributed by atoms with Gasteiger partial charge in [0.15, 0.2) is 5.76 Å². The number of hydrogen-bond donors (Lipinski definition) is 0. The zero-order valence-corrected chi connectivity index (χ0v) is 25.2. The first-order valence-corrected chi connectivity index (χ1v) is 15.8. The number of furan rings is 1. The van der Waals surface area contributed by atoms with Gasteiger partial charge in [0.2, 0.25) is 5.89 Å². The molecule has 47 heavy (non-hydrogen) atoms. The summed E-state index contributed by atoms with van der Waals surface area (Å²) >= 11 is 0. The van der Waals surface area contributed by atoms with Crippen LogP contribution in [0.1, 0.15) is 0 Å². The van der Waals surface area contributed by atoms with Gasteiger partial charge in [0.1, 0.15) is 16.9 Å². The molecule has 0 saturated carbocycles. The number of nitrogens with zero attached hydrogens (tertiary/aromatic N) is 2. The Hall–Kier alpha value is -6.39. The van der Waals surface area contributed by atoms with Gasteiger partial charge in [-0.05, 0) is 71.8 Å². The van der Waals surface area contributed by atoms with Crippen molar-refractivity contribution in [1.29, 1.82) is 0 Å². The highest BCUT2D eigenvalue weighted by Gasteiger charge is 2.30. The number of anilines is 3. The molecule has 1 aliphatic carbocycles. The van der Waals surface area contributed by atoms with Gasteiger partial charge in [-0.1, -0.05) is 97.1 Å². The molecule has 2 heterocycles. The second-order valence-corrected chi connectivity index (χ2v) is 12.0. The third-order valence-electron chi connectivity index (χ3n) is 9.24. The molecule has 9 aromatic rings. The van der Waals surface area contributed by atoms with E-state index in [4.69, 9.17) is 13.8 Å². The minimum Gasteiger partial charge on any atom is -0.456 e. The molecule has 4 heteroatoms.